The molecular formula is C19H28N2O5. The number of methoxy groups -OCH3 is 1. The van der Waals surface area contributed by atoms with E-state index >= 15 is 0 Å². The summed E-state index contributed by atoms with van der Waals surface area (Å²) in [7, 11) is 1.59. The van der Waals surface area contributed by atoms with Crippen LogP contribution in [0.5, 0.6) is 5.75 Å². The van der Waals surface area contributed by atoms with Crippen LogP contribution in [0.4, 0.5) is 0 Å². The van der Waals surface area contributed by atoms with Crippen molar-refractivity contribution in [1.82, 2.24) is 9.80 Å². The summed E-state index contributed by atoms with van der Waals surface area (Å²) >= 11 is 0. The Morgan fingerprint density at radius 1 is 0.923 bits per heavy atom. The van der Waals surface area contributed by atoms with Gasteiger partial charge in [-0.25, -0.2) is 0 Å². The molecule has 0 aliphatic carbocycles. The number of hydrogen-bond acceptors (Lipinski definition) is 5. The fourth-order valence-electron chi connectivity index (χ4n) is 2.69. The van der Waals surface area contributed by atoms with E-state index in [4.69, 9.17) is 14.2 Å². The number of nitrogens with zero attached hydrogens (tertiary/aromatic N) is 2. The molecule has 1 heterocycles. The second-order valence-electron chi connectivity index (χ2n) is 6.07. The van der Waals surface area contributed by atoms with Crippen LogP contribution in [0.2, 0.25) is 0 Å². The highest BCUT2D eigenvalue weighted by Gasteiger charge is 2.23. The molecule has 1 aromatic carbocycles. The number of carbonyl (C=O) groups is 2. The van der Waals surface area contributed by atoms with Crippen molar-refractivity contribution in [2.45, 2.75) is 12.8 Å². The highest BCUT2D eigenvalue weighted by molar-refractivity contribution is 5.79. The summed E-state index contributed by atoms with van der Waals surface area (Å²) in [5.41, 5.74) is 0. The van der Waals surface area contributed by atoms with Crippen LogP contribution in [0, 0.1) is 0 Å². The maximum atomic E-state index is 12.3. The first-order chi connectivity index (χ1) is 12.7. The van der Waals surface area contributed by atoms with Crippen LogP contribution < -0.4 is 4.74 Å². The number of carbonyl (C=O) groups excluding carboxylic acids is 2. The quantitative estimate of drug-likeness (QED) is 0.583. The molecule has 0 unspecified atom stereocenters. The SMILES string of the molecule is COCCOCC(=O)N1CCN(C(=O)CCCOc2ccccc2)CC1. The second-order valence-corrected chi connectivity index (χ2v) is 6.07. The average molecular weight is 364 g/mol. The third-order valence-electron chi connectivity index (χ3n) is 4.19. The van der Waals surface area contributed by atoms with Gasteiger partial charge in [-0.15, -0.1) is 0 Å². The molecule has 7 nitrogen and oxygen atoms in total. The van der Waals surface area contributed by atoms with E-state index in [0.29, 0.717) is 58.8 Å². The van der Waals surface area contributed by atoms with Crippen LogP contribution in [0.25, 0.3) is 0 Å². The van der Waals surface area contributed by atoms with Gasteiger partial charge in [0.15, 0.2) is 0 Å². The van der Waals surface area contributed by atoms with Crippen molar-refractivity contribution in [3.05, 3.63) is 30.3 Å². The molecular weight excluding hydrogens is 336 g/mol. The maximum Gasteiger partial charge on any atom is 0.248 e. The van der Waals surface area contributed by atoms with Crippen LogP contribution in [0.3, 0.4) is 0 Å². The molecule has 0 radical (unpaired) electrons. The largest absolute Gasteiger partial charge is 0.494 e. The van der Waals surface area contributed by atoms with Crippen LogP contribution in [-0.2, 0) is 19.1 Å². The topological polar surface area (TPSA) is 68.3 Å². The van der Waals surface area contributed by atoms with Gasteiger partial charge in [0, 0.05) is 39.7 Å². The molecule has 2 amide bonds. The van der Waals surface area contributed by atoms with E-state index in [9.17, 15) is 9.59 Å². The minimum atomic E-state index is -0.0375. The predicted octanol–water partition coefficient (Wildman–Crippen LogP) is 1.18. The van der Waals surface area contributed by atoms with Gasteiger partial charge < -0.3 is 24.0 Å². The molecule has 1 aromatic rings. The lowest BCUT2D eigenvalue weighted by atomic mass is 10.2. The monoisotopic (exact) mass is 364 g/mol. The fraction of sp³-hybridized carbons (Fsp3) is 0.579. The van der Waals surface area contributed by atoms with Gasteiger partial charge in [0.2, 0.25) is 11.8 Å². The van der Waals surface area contributed by atoms with E-state index in [1.807, 2.05) is 35.2 Å². The summed E-state index contributed by atoms with van der Waals surface area (Å²) in [6.07, 6.45) is 1.14. The molecule has 0 N–H and O–H groups in total. The van der Waals surface area contributed by atoms with Crippen LogP contribution in [0.15, 0.2) is 30.3 Å². The summed E-state index contributed by atoms with van der Waals surface area (Å²) in [4.78, 5) is 27.8. The van der Waals surface area contributed by atoms with Gasteiger partial charge in [-0.1, -0.05) is 18.2 Å². The van der Waals surface area contributed by atoms with Gasteiger partial charge in [0.1, 0.15) is 12.4 Å². The zero-order valence-corrected chi connectivity index (χ0v) is 15.4. The Morgan fingerprint density at radius 2 is 1.58 bits per heavy atom. The Morgan fingerprint density at radius 3 is 2.23 bits per heavy atom. The molecule has 2 rings (SSSR count). The van der Waals surface area contributed by atoms with E-state index in [2.05, 4.69) is 0 Å². The summed E-state index contributed by atoms with van der Waals surface area (Å²) in [5.74, 6) is 0.898. The van der Waals surface area contributed by atoms with Crippen molar-refractivity contribution in [3.8, 4) is 5.75 Å². The van der Waals surface area contributed by atoms with Crippen LogP contribution in [0.1, 0.15) is 12.8 Å². The van der Waals surface area contributed by atoms with E-state index in [1.54, 1.807) is 12.0 Å². The lowest BCUT2D eigenvalue weighted by Gasteiger charge is -2.34. The number of rotatable bonds is 10. The minimum absolute atomic E-state index is 0.0375. The first-order valence-corrected chi connectivity index (χ1v) is 9.01. The molecule has 0 aromatic heterocycles. The van der Waals surface area contributed by atoms with Gasteiger partial charge in [-0.05, 0) is 18.6 Å². The number of ether oxygens (including phenoxy) is 3. The van der Waals surface area contributed by atoms with Crippen molar-refractivity contribution in [3.63, 3.8) is 0 Å². The Bertz CT molecular complexity index is 544. The Labute approximate surface area is 154 Å². The van der Waals surface area contributed by atoms with E-state index in [-0.39, 0.29) is 18.4 Å². The highest BCUT2D eigenvalue weighted by Crippen LogP contribution is 2.10. The summed E-state index contributed by atoms with van der Waals surface area (Å²) in [5, 5.41) is 0. The van der Waals surface area contributed by atoms with E-state index in [1.165, 1.54) is 0 Å². The summed E-state index contributed by atoms with van der Waals surface area (Å²) in [6.45, 7) is 3.72. The van der Waals surface area contributed by atoms with Gasteiger partial charge >= 0.3 is 0 Å². The fourth-order valence-corrected chi connectivity index (χ4v) is 2.69. The Kier molecular flexibility index (Phi) is 8.92. The molecule has 0 saturated carbocycles. The molecule has 1 saturated heterocycles. The van der Waals surface area contributed by atoms with Crippen LogP contribution in [-0.4, -0.2) is 81.3 Å². The smallest absolute Gasteiger partial charge is 0.248 e. The van der Waals surface area contributed by atoms with Crippen molar-refractivity contribution in [2.24, 2.45) is 0 Å². The summed E-state index contributed by atoms with van der Waals surface area (Å²) in [6, 6.07) is 9.58. The van der Waals surface area contributed by atoms with Crippen molar-refractivity contribution in [2.75, 3.05) is 59.7 Å². The first kappa shape index (κ1) is 20.2. The Balaban J connectivity index is 1.58. The zero-order valence-electron chi connectivity index (χ0n) is 15.4. The standard InChI is InChI=1S/C19H28N2O5/c1-24-14-15-25-16-19(23)21-11-9-20(10-12-21)18(22)8-5-13-26-17-6-3-2-4-7-17/h2-4,6-7H,5,8-16H2,1H3. The third-order valence-corrected chi connectivity index (χ3v) is 4.19. The van der Waals surface area contributed by atoms with Crippen molar-refractivity contribution in [1.29, 1.82) is 0 Å². The van der Waals surface area contributed by atoms with E-state index < -0.39 is 0 Å². The number of amides is 2. The first-order valence-electron chi connectivity index (χ1n) is 9.01. The molecule has 0 bridgehead atoms. The molecule has 26 heavy (non-hydrogen) atoms. The zero-order chi connectivity index (χ0) is 18.6. The lowest BCUT2D eigenvalue weighted by molar-refractivity contribution is -0.142. The van der Waals surface area contributed by atoms with Gasteiger partial charge in [-0.3, -0.25) is 9.59 Å². The molecule has 144 valence electrons. The molecule has 1 aliphatic rings. The second kappa shape index (κ2) is 11.5. The number of piperazine rings is 1. The lowest BCUT2D eigenvalue weighted by Crippen LogP contribution is -2.51. The highest BCUT2D eigenvalue weighted by atomic mass is 16.5. The van der Waals surface area contributed by atoms with E-state index in [0.717, 1.165) is 5.75 Å². The Hall–Kier alpha value is -2.12. The van der Waals surface area contributed by atoms with Crippen molar-refractivity contribution < 1.29 is 23.8 Å². The molecule has 0 atom stereocenters. The molecule has 1 fully saturated rings. The summed E-state index contributed by atoms with van der Waals surface area (Å²) < 4.78 is 15.7. The molecule has 1 aliphatic heterocycles. The average Bonchev–Trinajstić information content (AvgIpc) is 2.69. The predicted molar refractivity (Wildman–Crippen MR) is 97.0 cm³/mol. The van der Waals surface area contributed by atoms with Gasteiger partial charge in [-0.2, -0.15) is 0 Å². The number of hydrogen-bond donors (Lipinski definition) is 0. The normalized spacial score (nSPS) is 14.3. The maximum absolute atomic E-state index is 12.3. The number of benzene rings is 1. The van der Waals surface area contributed by atoms with Crippen molar-refractivity contribution >= 4 is 11.8 Å². The van der Waals surface area contributed by atoms with Crippen LogP contribution >= 0.6 is 0 Å². The molecule has 7 heteroatoms. The number of para-hydroxylation sites is 1. The van der Waals surface area contributed by atoms with Gasteiger partial charge in [0.05, 0.1) is 19.8 Å². The molecule has 0 spiro atoms. The van der Waals surface area contributed by atoms with Gasteiger partial charge in [0.25, 0.3) is 0 Å². The minimum Gasteiger partial charge on any atom is -0.494 e. The third kappa shape index (κ3) is 7.01.